The minimum atomic E-state index is -0.323. The topological polar surface area (TPSA) is 64.6 Å². The van der Waals surface area contributed by atoms with Gasteiger partial charge in [-0.1, -0.05) is 24.3 Å². The molecule has 1 atom stereocenters. The number of likely N-dealkylation sites (N-methyl/N-ethyl adjacent to an activating group) is 1. The van der Waals surface area contributed by atoms with Crippen LogP contribution in [0.3, 0.4) is 0 Å². The average molecular weight is 353 g/mol. The third kappa shape index (κ3) is 4.55. The van der Waals surface area contributed by atoms with Crippen LogP contribution in [-0.4, -0.2) is 37.4 Å². The van der Waals surface area contributed by atoms with E-state index in [0.29, 0.717) is 13.0 Å². The lowest BCUT2D eigenvalue weighted by atomic mass is 9.88. The first-order valence-corrected chi connectivity index (χ1v) is 9.14. The Bertz CT molecular complexity index is 776. The average Bonchev–Trinajstić information content (AvgIpc) is 2.62. The van der Waals surface area contributed by atoms with Crippen LogP contribution < -0.4 is 15.5 Å². The number of carbonyl (C=O) groups excluding carboxylic acids is 1. The highest BCUT2D eigenvalue weighted by atomic mass is 16.3. The fourth-order valence-corrected chi connectivity index (χ4v) is 3.38. The van der Waals surface area contributed by atoms with Crippen molar-refractivity contribution in [3.8, 4) is 0 Å². The van der Waals surface area contributed by atoms with Gasteiger partial charge in [-0.15, -0.1) is 0 Å². The second kappa shape index (κ2) is 8.23. The molecule has 5 nitrogen and oxygen atoms in total. The monoisotopic (exact) mass is 353 g/mol. The van der Waals surface area contributed by atoms with E-state index < -0.39 is 0 Å². The number of hydrogen-bond acceptors (Lipinski definition) is 3. The van der Waals surface area contributed by atoms with E-state index in [1.54, 1.807) is 0 Å². The zero-order valence-corrected chi connectivity index (χ0v) is 15.5. The molecule has 3 N–H and O–H groups in total. The predicted molar refractivity (Wildman–Crippen MR) is 106 cm³/mol. The third-order valence-corrected chi connectivity index (χ3v) is 4.88. The van der Waals surface area contributed by atoms with Crippen molar-refractivity contribution in [1.29, 1.82) is 0 Å². The lowest BCUT2D eigenvalue weighted by Crippen LogP contribution is -2.36. The molecule has 0 saturated heterocycles. The highest BCUT2D eigenvalue weighted by Crippen LogP contribution is 2.28. The molecule has 26 heavy (non-hydrogen) atoms. The van der Waals surface area contributed by atoms with Crippen molar-refractivity contribution < 1.29 is 9.90 Å². The molecule has 138 valence electrons. The van der Waals surface area contributed by atoms with E-state index in [4.69, 9.17) is 0 Å². The van der Waals surface area contributed by atoms with Gasteiger partial charge in [0.2, 0.25) is 0 Å². The summed E-state index contributed by atoms with van der Waals surface area (Å²) < 4.78 is 0. The van der Waals surface area contributed by atoms with Crippen LogP contribution in [0, 0.1) is 6.92 Å². The van der Waals surface area contributed by atoms with E-state index in [1.165, 1.54) is 11.1 Å². The molecular weight excluding hydrogens is 326 g/mol. The fraction of sp³-hybridized carbons (Fsp3) is 0.381. The SMILES string of the molecule is Cc1cccc(N(C)CCNC(=O)Nc2cccc3c2CC(O)CC3)c1. The summed E-state index contributed by atoms with van der Waals surface area (Å²) in [5.74, 6) is 0. The van der Waals surface area contributed by atoms with Crippen molar-refractivity contribution in [3.05, 3.63) is 59.2 Å². The Hall–Kier alpha value is -2.53. The van der Waals surface area contributed by atoms with Crippen LogP contribution in [-0.2, 0) is 12.8 Å². The number of carbonyl (C=O) groups is 1. The highest BCUT2D eigenvalue weighted by Gasteiger charge is 2.19. The summed E-state index contributed by atoms with van der Waals surface area (Å²) in [7, 11) is 2.02. The zero-order valence-electron chi connectivity index (χ0n) is 15.5. The van der Waals surface area contributed by atoms with Crippen LogP contribution in [0.25, 0.3) is 0 Å². The van der Waals surface area contributed by atoms with Crippen LogP contribution in [0.15, 0.2) is 42.5 Å². The van der Waals surface area contributed by atoms with Gasteiger partial charge in [0, 0.05) is 37.9 Å². The molecule has 0 fully saturated rings. The molecule has 2 aromatic carbocycles. The largest absolute Gasteiger partial charge is 0.393 e. The Kier molecular flexibility index (Phi) is 5.78. The highest BCUT2D eigenvalue weighted by molar-refractivity contribution is 5.90. The smallest absolute Gasteiger partial charge is 0.319 e. The quantitative estimate of drug-likeness (QED) is 0.774. The maximum atomic E-state index is 12.2. The van der Waals surface area contributed by atoms with Gasteiger partial charge in [0.05, 0.1) is 6.10 Å². The molecule has 1 aliphatic carbocycles. The molecule has 0 saturated carbocycles. The number of nitrogens with one attached hydrogen (secondary N) is 2. The van der Waals surface area contributed by atoms with Crippen molar-refractivity contribution >= 4 is 17.4 Å². The molecular formula is C21H27N3O2. The van der Waals surface area contributed by atoms with E-state index in [1.807, 2.05) is 25.2 Å². The fourth-order valence-electron chi connectivity index (χ4n) is 3.38. The van der Waals surface area contributed by atoms with Gasteiger partial charge in [-0.3, -0.25) is 0 Å². The molecule has 0 bridgehead atoms. The minimum Gasteiger partial charge on any atom is -0.393 e. The van der Waals surface area contributed by atoms with Gasteiger partial charge in [-0.25, -0.2) is 4.79 Å². The van der Waals surface area contributed by atoms with Gasteiger partial charge in [-0.2, -0.15) is 0 Å². The maximum absolute atomic E-state index is 12.2. The van der Waals surface area contributed by atoms with E-state index in [9.17, 15) is 9.90 Å². The van der Waals surface area contributed by atoms with Gasteiger partial charge < -0.3 is 20.6 Å². The molecule has 0 radical (unpaired) electrons. The maximum Gasteiger partial charge on any atom is 0.319 e. The Morgan fingerprint density at radius 2 is 2.08 bits per heavy atom. The second-order valence-electron chi connectivity index (χ2n) is 6.98. The summed E-state index contributed by atoms with van der Waals surface area (Å²) in [6.45, 7) is 3.34. The summed E-state index contributed by atoms with van der Waals surface area (Å²) >= 11 is 0. The summed E-state index contributed by atoms with van der Waals surface area (Å²) in [4.78, 5) is 14.4. The van der Waals surface area contributed by atoms with Crippen LogP contribution in [0.5, 0.6) is 0 Å². The molecule has 3 rings (SSSR count). The van der Waals surface area contributed by atoms with Crippen LogP contribution in [0.1, 0.15) is 23.1 Å². The number of benzene rings is 2. The van der Waals surface area contributed by atoms with Gasteiger partial charge in [0.1, 0.15) is 0 Å². The third-order valence-electron chi connectivity index (χ3n) is 4.88. The molecule has 0 spiro atoms. The number of urea groups is 1. The van der Waals surface area contributed by atoms with Gasteiger partial charge >= 0.3 is 6.03 Å². The number of aliphatic hydroxyl groups is 1. The van der Waals surface area contributed by atoms with E-state index >= 15 is 0 Å². The molecule has 0 aromatic heterocycles. The molecule has 0 aliphatic heterocycles. The van der Waals surface area contributed by atoms with E-state index in [-0.39, 0.29) is 12.1 Å². The summed E-state index contributed by atoms with van der Waals surface area (Å²) in [5, 5.41) is 15.8. The first kappa shape index (κ1) is 18.3. The normalized spacial score (nSPS) is 15.9. The summed E-state index contributed by atoms with van der Waals surface area (Å²) in [6.07, 6.45) is 1.92. The number of anilines is 2. The van der Waals surface area contributed by atoms with E-state index in [0.717, 1.165) is 36.3 Å². The van der Waals surface area contributed by atoms with Gasteiger partial charge in [-0.05, 0) is 54.7 Å². The Labute approximate surface area is 155 Å². The molecule has 2 amide bonds. The summed E-state index contributed by atoms with van der Waals surface area (Å²) in [5.41, 5.74) is 5.42. The first-order chi connectivity index (χ1) is 12.5. The van der Waals surface area contributed by atoms with Crippen molar-refractivity contribution in [2.45, 2.75) is 32.3 Å². The Morgan fingerprint density at radius 3 is 2.88 bits per heavy atom. The first-order valence-electron chi connectivity index (χ1n) is 9.14. The zero-order chi connectivity index (χ0) is 18.5. The number of aliphatic hydroxyl groups excluding tert-OH is 1. The lowest BCUT2D eigenvalue weighted by molar-refractivity contribution is 0.159. The van der Waals surface area contributed by atoms with Gasteiger partial charge in [0.25, 0.3) is 0 Å². The molecule has 1 unspecified atom stereocenters. The Morgan fingerprint density at radius 1 is 1.27 bits per heavy atom. The van der Waals surface area contributed by atoms with Crippen LogP contribution >= 0.6 is 0 Å². The van der Waals surface area contributed by atoms with Crippen LogP contribution in [0.2, 0.25) is 0 Å². The molecule has 0 heterocycles. The van der Waals surface area contributed by atoms with Crippen LogP contribution in [0.4, 0.5) is 16.2 Å². The van der Waals surface area contributed by atoms with Crippen molar-refractivity contribution in [2.24, 2.45) is 0 Å². The standard InChI is InChI=1S/C21H27N3O2/c1-15-5-3-7-17(13-15)24(2)12-11-22-21(26)23-20-8-4-6-16-9-10-18(25)14-19(16)20/h3-8,13,18,25H,9-12,14H2,1-2H3,(H2,22,23,26). The molecule has 5 heteroatoms. The number of amides is 2. The number of nitrogens with zero attached hydrogens (tertiary/aromatic N) is 1. The number of rotatable bonds is 5. The van der Waals surface area contributed by atoms with Crippen molar-refractivity contribution in [2.75, 3.05) is 30.4 Å². The lowest BCUT2D eigenvalue weighted by Gasteiger charge is -2.24. The van der Waals surface area contributed by atoms with E-state index in [2.05, 4.69) is 46.7 Å². The number of aryl methyl sites for hydroxylation is 2. The van der Waals surface area contributed by atoms with Gasteiger partial charge in [0.15, 0.2) is 0 Å². The summed E-state index contributed by atoms with van der Waals surface area (Å²) in [6, 6.07) is 14.0. The minimum absolute atomic E-state index is 0.212. The molecule has 1 aliphatic rings. The predicted octanol–water partition coefficient (Wildman–Crippen LogP) is 3.10. The Balaban J connectivity index is 1.52. The number of fused-ring (bicyclic) bond motifs is 1. The van der Waals surface area contributed by atoms with Crippen molar-refractivity contribution in [1.82, 2.24) is 5.32 Å². The second-order valence-corrected chi connectivity index (χ2v) is 6.98. The molecule has 2 aromatic rings. The number of hydrogen-bond donors (Lipinski definition) is 3. The van der Waals surface area contributed by atoms with Crippen molar-refractivity contribution in [3.63, 3.8) is 0 Å².